The maximum Gasteiger partial charge on any atom is 0.246 e. The van der Waals surface area contributed by atoms with E-state index in [2.05, 4.69) is 15.9 Å². The Morgan fingerprint density at radius 3 is 2.50 bits per heavy atom. The van der Waals surface area contributed by atoms with Crippen LogP contribution in [0.25, 0.3) is 0 Å². The average Bonchev–Trinajstić information content (AvgIpc) is 2.47. The first-order valence-corrected chi connectivity index (χ1v) is 6.12. The third-order valence-corrected chi connectivity index (χ3v) is 3.17. The number of aliphatic hydroxyl groups is 1. The van der Waals surface area contributed by atoms with Crippen molar-refractivity contribution < 1.29 is 14.6 Å². The van der Waals surface area contributed by atoms with E-state index in [1.165, 1.54) is 0 Å². The third-order valence-electron chi connectivity index (χ3n) is 2.43. The van der Waals surface area contributed by atoms with Gasteiger partial charge >= 0.3 is 0 Å². The van der Waals surface area contributed by atoms with Crippen molar-refractivity contribution in [2.45, 2.75) is 32.5 Å². The predicted octanol–water partition coefficient (Wildman–Crippen LogP) is 2.88. The highest BCUT2D eigenvalue weighted by atomic mass is 79.9. The molecule has 4 heteroatoms. The summed E-state index contributed by atoms with van der Waals surface area (Å²) in [6.45, 7) is 3.97. The lowest BCUT2D eigenvalue weighted by Crippen LogP contribution is -2.29. The highest BCUT2D eigenvalue weighted by molar-refractivity contribution is 9.10. The van der Waals surface area contributed by atoms with Gasteiger partial charge in [0.15, 0.2) is 11.5 Å². The van der Waals surface area contributed by atoms with Crippen LogP contribution in [0.1, 0.15) is 25.8 Å². The molecule has 0 spiro atoms. The van der Waals surface area contributed by atoms with Gasteiger partial charge in [-0.1, -0.05) is 15.9 Å². The Morgan fingerprint density at radius 2 is 1.88 bits per heavy atom. The molecule has 2 rings (SSSR count). The van der Waals surface area contributed by atoms with Gasteiger partial charge in [-0.15, -0.1) is 0 Å². The van der Waals surface area contributed by atoms with Crippen molar-refractivity contribution in [2.75, 3.05) is 6.61 Å². The minimum Gasteiger partial charge on any atom is -0.449 e. The zero-order valence-corrected chi connectivity index (χ0v) is 11.0. The van der Waals surface area contributed by atoms with Crippen LogP contribution in [-0.2, 0) is 6.42 Å². The molecule has 1 aliphatic rings. The van der Waals surface area contributed by atoms with Crippen LogP contribution >= 0.6 is 15.9 Å². The van der Waals surface area contributed by atoms with Crippen molar-refractivity contribution in [1.29, 1.82) is 0 Å². The maximum atomic E-state index is 8.82. The van der Waals surface area contributed by atoms with Crippen LogP contribution in [-0.4, -0.2) is 17.5 Å². The number of ether oxygens (including phenoxy) is 2. The zero-order valence-electron chi connectivity index (χ0n) is 9.42. The Hall–Kier alpha value is -0.740. The van der Waals surface area contributed by atoms with Gasteiger partial charge in [-0.25, -0.2) is 0 Å². The number of fused-ring (bicyclic) bond motifs is 1. The molecule has 1 heterocycles. The van der Waals surface area contributed by atoms with E-state index >= 15 is 0 Å². The number of benzene rings is 1. The highest BCUT2D eigenvalue weighted by Crippen LogP contribution is 2.42. The number of hydrogen-bond acceptors (Lipinski definition) is 3. The molecule has 88 valence electrons. The van der Waals surface area contributed by atoms with Gasteiger partial charge in [-0.05, 0) is 30.5 Å². The molecule has 1 aromatic rings. The summed E-state index contributed by atoms with van der Waals surface area (Å²) < 4.78 is 12.3. The smallest absolute Gasteiger partial charge is 0.246 e. The molecule has 0 aromatic heterocycles. The predicted molar refractivity (Wildman–Crippen MR) is 64.9 cm³/mol. The van der Waals surface area contributed by atoms with Gasteiger partial charge < -0.3 is 14.6 Å². The van der Waals surface area contributed by atoms with Crippen LogP contribution in [0.5, 0.6) is 11.5 Å². The molecule has 0 aliphatic carbocycles. The van der Waals surface area contributed by atoms with E-state index in [1.54, 1.807) is 0 Å². The summed E-state index contributed by atoms with van der Waals surface area (Å²) in [6, 6.07) is 3.90. The molecule has 0 radical (unpaired) electrons. The lowest BCUT2D eigenvalue weighted by molar-refractivity contribution is -0.0431. The van der Waals surface area contributed by atoms with E-state index in [4.69, 9.17) is 14.6 Å². The second kappa shape index (κ2) is 4.26. The molecule has 1 aromatic carbocycles. The Kier molecular flexibility index (Phi) is 3.13. The van der Waals surface area contributed by atoms with E-state index < -0.39 is 5.79 Å². The maximum absolute atomic E-state index is 8.82. The van der Waals surface area contributed by atoms with Crippen LogP contribution in [0.15, 0.2) is 16.6 Å². The summed E-state index contributed by atoms with van der Waals surface area (Å²) in [5.74, 6) is 0.961. The highest BCUT2D eigenvalue weighted by Gasteiger charge is 2.32. The van der Waals surface area contributed by atoms with Crippen LogP contribution < -0.4 is 9.47 Å². The van der Waals surface area contributed by atoms with Gasteiger partial charge in [0, 0.05) is 24.9 Å². The van der Waals surface area contributed by atoms with Crippen molar-refractivity contribution in [2.24, 2.45) is 0 Å². The molecular weight excluding hydrogens is 272 g/mol. The summed E-state index contributed by atoms with van der Waals surface area (Å²) in [7, 11) is 0. The summed E-state index contributed by atoms with van der Waals surface area (Å²) in [5, 5.41) is 8.82. The van der Waals surface area contributed by atoms with Crippen LogP contribution in [0.3, 0.4) is 0 Å². The third kappa shape index (κ3) is 2.33. The first-order chi connectivity index (χ1) is 7.52. The molecule has 0 bridgehead atoms. The van der Waals surface area contributed by atoms with Crippen molar-refractivity contribution in [1.82, 2.24) is 0 Å². The Labute approximate surface area is 104 Å². The molecule has 0 saturated carbocycles. The topological polar surface area (TPSA) is 38.7 Å². The normalized spacial score (nSPS) is 16.5. The van der Waals surface area contributed by atoms with Gasteiger partial charge in [0.25, 0.3) is 0 Å². The summed E-state index contributed by atoms with van der Waals surface area (Å²) in [6.07, 6.45) is 1.58. The monoisotopic (exact) mass is 286 g/mol. The molecule has 0 saturated heterocycles. The van der Waals surface area contributed by atoms with E-state index in [0.29, 0.717) is 0 Å². The molecule has 0 amide bonds. The van der Waals surface area contributed by atoms with Gasteiger partial charge in [0.1, 0.15) is 0 Å². The molecular formula is C12H15BrO3. The summed E-state index contributed by atoms with van der Waals surface area (Å²) >= 11 is 3.50. The molecule has 0 fully saturated rings. The lowest BCUT2D eigenvalue weighted by Gasteiger charge is -2.16. The standard InChI is InChI=1S/C12H15BrO3/c1-12(2)15-10-6-8(4-3-5-14)9(13)7-11(10)16-12/h6-7,14H,3-5H2,1-2H3. The fourth-order valence-electron chi connectivity index (χ4n) is 1.75. The van der Waals surface area contributed by atoms with Crippen molar-refractivity contribution in [3.05, 3.63) is 22.2 Å². The van der Waals surface area contributed by atoms with Gasteiger partial charge in [0.2, 0.25) is 5.79 Å². The van der Waals surface area contributed by atoms with E-state index in [9.17, 15) is 0 Å². The number of rotatable bonds is 3. The van der Waals surface area contributed by atoms with E-state index in [0.717, 1.165) is 34.4 Å². The molecule has 1 N–H and O–H groups in total. The second-order valence-electron chi connectivity index (χ2n) is 4.32. The minimum atomic E-state index is -0.586. The minimum absolute atomic E-state index is 0.201. The molecule has 0 atom stereocenters. The first-order valence-electron chi connectivity index (χ1n) is 5.33. The van der Waals surface area contributed by atoms with Gasteiger partial charge in [-0.2, -0.15) is 0 Å². The number of aryl methyl sites for hydroxylation is 1. The first kappa shape index (κ1) is 11.7. The van der Waals surface area contributed by atoms with Gasteiger partial charge in [0.05, 0.1) is 0 Å². The largest absolute Gasteiger partial charge is 0.449 e. The SMILES string of the molecule is CC1(C)Oc2cc(Br)c(CCCO)cc2O1. The number of hydrogen-bond donors (Lipinski definition) is 1. The lowest BCUT2D eigenvalue weighted by atomic mass is 10.1. The molecule has 3 nitrogen and oxygen atoms in total. The van der Waals surface area contributed by atoms with Crippen LogP contribution in [0, 0.1) is 0 Å². The van der Waals surface area contributed by atoms with E-state index in [-0.39, 0.29) is 6.61 Å². The molecule has 1 aliphatic heterocycles. The number of aliphatic hydroxyl groups excluding tert-OH is 1. The Balaban J connectivity index is 2.26. The molecule has 0 unspecified atom stereocenters. The average molecular weight is 287 g/mol. The number of halogens is 1. The fourth-order valence-corrected chi connectivity index (χ4v) is 2.27. The fraction of sp³-hybridized carbons (Fsp3) is 0.500. The van der Waals surface area contributed by atoms with E-state index in [1.807, 2.05) is 26.0 Å². The van der Waals surface area contributed by atoms with Crippen molar-refractivity contribution >= 4 is 15.9 Å². The summed E-state index contributed by atoms with van der Waals surface area (Å²) in [4.78, 5) is 0. The Bertz CT molecular complexity index is 401. The second-order valence-corrected chi connectivity index (χ2v) is 5.18. The van der Waals surface area contributed by atoms with Crippen LogP contribution in [0.4, 0.5) is 0 Å². The van der Waals surface area contributed by atoms with Crippen LogP contribution in [0.2, 0.25) is 0 Å². The molecule has 16 heavy (non-hydrogen) atoms. The quantitative estimate of drug-likeness (QED) is 0.929. The zero-order chi connectivity index (χ0) is 11.8. The summed E-state index contributed by atoms with van der Waals surface area (Å²) in [5.41, 5.74) is 1.13. The van der Waals surface area contributed by atoms with Crippen molar-refractivity contribution in [3.63, 3.8) is 0 Å². The Morgan fingerprint density at radius 1 is 1.25 bits per heavy atom. The van der Waals surface area contributed by atoms with Gasteiger partial charge in [-0.3, -0.25) is 0 Å². The van der Waals surface area contributed by atoms with Crippen molar-refractivity contribution in [3.8, 4) is 11.5 Å².